The predicted octanol–water partition coefficient (Wildman–Crippen LogP) is 3.25. The van der Waals surface area contributed by atoms with Crippen LogP contribution in [-0.4, -0.2) is 27.1 Å². The Labute approximate surface area is 120 Å². The molecule has 1 aromatic heterocycles. The number of rotatable bonds is 2. The maximum Gasteiger partial charge on any atom is 0.335 e. The predicted molar refractivity (Wildman–Crippen MR) is 78.7 cm³/mol. The first-order valence-electron chi connectivity index (χ1n) is 6.16. The molecule has 5 heteroatoms. The normalized spacial score (nSPS) is 9.71. The van der Waals surface area contributed by atoms with Gasteiger partial charge in [-0.05, 0) is 29.0 Å². The number of aromatic carboxylic acids is 2. The summed E-state index contributed by atoms with van der Waals surface area (Å²) in [6.45, 7) is 0. The average Bonchev–Trinajstić information content (AvgIpc) is 2.96. The average molecular weight is 283 g/mol. The van der Waals surface area contributed by atoms with Crippen molar-refractivity contribution in [3.8, 4) is 0 Å². The Morgan fingerprint density at radius 1 is 0.762 bits per heavy atom. The van der Waals surface area contributed by atoms with Gasteiger partial charge in [-0.25, -0.2) is 9.59 Å². The lowest BCUT2D eigenvalue weighted by atomic mass is 10.1. The second-order valence-corrected chi connectivity index (χ2v) is 4.28. The van der Waals surface area contributed by atoms with E-state index >= 15 is 0 Å². The van der Waals surface area contributed by atoms with Crippen LogP contribution in [0.3, 0.4) is 0 Å². The summed E-state index contributed by atoms with van der Waals surface area (Å²) in [5, 5.41) is 19.5. The lowest BCUT2D eigenvalue weighted by Gasteiger charge is -1.95. The molecule has 0 fully saturated rings. The minimum atomic E-state index is -1.13. The number of carboxylic acids is 2. The first kappa shape index (κ1) is 14.3. The van der Waals surface area contributed by atoms with E-state index in [1.165, 1.54) is 29.0 Å². The minimum Gasteiger partial charge on any atom is -0.478 e. The summed E-state index contributed by atoms with van der Waals surface area (Å²) in [5.74, 6) is -2.25. The number of benzene rings is 2. The van der Waals surface area contributed by atoms with Crippen LogP contribution in [0.25, 0.3) is 10.8 Å². The van der Waals surface area contributed by atoms with E-state index < -0.39 is 11.9 Å². The Morgan fingerprint density at radius 2 is 1.24 bits per heavy atom. The molecule has 0 radical (unpaired) electrons. The second-order valence-electron chi connectivity index (χ2n) is 4.28. The van der Waals surface area contributed by atoms with Crippen molar-refractivity contribution in [2.75, 3.05) is 0 Å². The number of aromatic nitrogens is 1. The van der Waals surface area contributed by atoms with Gasteiger partial charge in [-0.1, -0.05) is 30.3 Å². The first-order valence-corrected chi connectivity index (χ1v) is 6.16. The van der Waals surface area contributed by atoms with Crippen molar-refractivity contribution in [3.05, 3.63) is 72.1 Å². The Kier molecular flexibility index (Phi) is 4.36. The molecule has 106 valence electrons. The highest BCUT2D eigenvalue weighted by Crippen LogP contribution is 2.10. The molecule has 0 bridgehead atoms. The molecule has 0 aliphatic heterocycles. The third-order valence-corrected chi connectivity index (χ3v) is 2.83. The van der Waals surface area contributed by atoms with E-state index in [4.69, 9.17) is 10.2 Å². The smallest absolute Gasteiger partial charge is 0.335 e. The number of aromatic amines is 1. The Morgan fingerprint density at radius 3 is 1.67 bits per heavy atom. The van der Waals surface area contributed by atoms with E-state index in [0.717, 1.165) is 6.07 Å². The molecular formula is C16H13NO4. The molecule has 0 aliphatic carbocycles. The van der Waals surface area contributed by atoms with E-state index in [-0.39, 0.29) is 11.1 Å². The van der Waals surface area contributed by atoms with Crippen LogP contribution < -0.4 is 0 Å². The van der Waals surface area contributed by atoms with Gasteiger partial charge >= 0.3 is 11.9 Å². The SMILES string of the molecule is O=C(O)c1cccc(C(=O)O)c1.c1ccc2c[nH]cc2c1. The third kappa shape index (κ3) is 3.70. The van der Waals surface area contributed by atoms with Gasteiger partial charge in [0.25, 0.3) is 0 Å². The van der Waals surface area contributed by atoms with Crippen molar-refractivity contribution in [1.82, 2.24) is 4.98 Å². The van der Waals surface area contributed by atoms with Crippen molar-refractivity contribution in [2.24, 2.45) is 0 Å². The highest BCUT2D eigenvalue weighted by molar-refractivity contribution is 5.93. The topological polar surface area (TPSA) is 90.4 Å². The maximum atomic E-state index is 10.4. The van der Waals surface area contributed by atoms with Gasteiger partial charge < -0.3 is 15.2 Å². The summed E-state index contributed by atoms with van der Waals surface area (Å²) in [4.78, 5) is 23.8. The summed E-state index contributed by atoms with van der Waals surface area (Å²) in [6, 6.07) is 13.4. The van der Waals surface area contributed by atoms with Crippen LogP contribution >= 0.6 is 0 Å². The molecule has 0 unspecified atom stereocenters. The van der Waals surface area contributed by atoms with Crippen molar-refractivity contribution < 1.29 is 19.8 Å². The zero-order valence-electron chi connectivity index (χ0n) is 11.0. The van der Waals surface area contributed by atoms with Crippen LogP contribution in [0.15, 0.2) is 60.9 Å². The lowest BCUT2D eigenvalue weighted by Crippen LogP contribution is -2.01. The molecule has 2 aromatic carbocycles. The number of hydrogen-bond acceptors (Lipinski definition) is 2. The van der Waals surface area contributed by atoms with E-state index in [1.807, 2.05) is 24.5 Å². The number of H-pyrrole nitrogens is 1. The number of carboxylic acid groups (broad SMARTS) is 2. The van der Waals surface area contributed by atoms with Gasteiger partial charge in [0, 0.05) is 12.4 Å². The minimum absolute atomic E-state index is 0.0186. The number of nitrogens with one attached hydrogen (secondary N) is 1. The fourth-order valence-electron chi connectivity index (χ4n) is 1.78. The van der Waals surface area contributed by atoms with E-state index in [0.29, 0.717) is 0 Å². The molecule has 0 saturated carbocycles. The molecule has 5 nitrogen and oxygen atoms in total. The standard InChI is InChI=1S/C8H7N.C8H6O4/c1-2-4-8-6-9-5-7(8)3-1;9-7(10)5-2-1-3-6(4-5)8(11)12/h1-6,9H;1-4H,(H,9,10)(H,11,12). The van der Waals surface area contributed by atoms with E-state index in [1.54, 1.807) is 0 Å². The third-order valence-electron chi connectivity index (χ3n) is 2.83. The summed E-state index contributed by atoms with van der Waals surface area (Å²) in [5.41, 5.74) is -0.0372. The van der Waals surface area contributed by atoms with Crippen LogP contribution in [0.4, 0.5) is 0 Å². The Hall–Kier alpha value is -3.08. The zero-order chi connectivity index (χ0) is 15.2. The molecule has 0 atom stereocenters. The van der Waals surface area contributed by atoms with E-state index in [9.17, 15) is 9.59 Å². The van der Waals surface area contributed by atoms with Crippen LogP contribution in [0.1, 0.15) is 20.7 Å². The Bertz CT molecular complexity index is 717. The Balaban J connectivity index is 0.000000159. The fourth-order valence-corrected chi connectivity index (χ4v) is 1.78. The van der Waals surface area contributed by atoms with Crippen LogP contribution in [0, 0.1) is 0 Å². The summed E-state index contributed by atoms with van der Waals surface area (Å²) in [7, 11) is 0. The highest BCUT2D eigenvalue weighted by Gasteiger charge is 2.06. The molecule has 0 saturated heterocycles. The van der Waals surface area contributed by atoms with Gasteiger partial charge in [0.05, 0.1) is 11.1 Å². The lowest BCUT2D eigenvalue weighted by molar-refractivity contribution is 0.0696. The largest absolute Gasteiger partial charge is 0.478 e. The molecule has 3 rings (SSSR count). The molecule has 21 heavy (non-hydrogen) atoms. The van der Waals surface area contributed by atoms with Gasteiger partial charge in [-0.3, -0.25) is 0 Å². The van der Waals surface area contributed by atoms with Gasteiger partial charge in [-0.2, -0.15) is 0 Å². The van der Waals surface area contributed by atoms with Gasteiger partial charge in [0.15, 0.2) is 0 Å². The monoisotopic (exact) mass is 283 g/mol. The summed E-state index contributed by atoms with van der Waals surface area (Å²) >= 11 is 0. The maximum absolute atomic E-state index is 10.4. The molecule has 0 aliphatic rings. The van der Waals surface area contributed by atoms with Crippen molar-refractivity contribution >= 4 is 22.7 Å². The van der Waals surface area contributed by atoms with Crippen LogP contribution in [0.2, 0.25) is 0 Å². The number of hydrogen-bond donors (Lipinski definition) is 3. The molecule has 0 amide bonds. The van der Waals surface area contributed by atoms with Crippen molar-refractivity contribution in [1.29, 1.82) is 0 Å². The molecule has 3 aromatic rings. The number of fused-ring (bicyclic) bond motifs is 1. The van der Waals surface area contributed by atoms with Gasteiger partial charge in [-0.15, -0.1) is 0 Å². The summed E-state index contributed by atoms with van der Waals surface area (Å²) in [6.07, 6.45) is 3.99. The molecule has 0 spiro atoms. The van der Waals surface area contributed by atoms with Crippen LogP contribution in [0.5, 0.6) is 0 Å². The molecule has 3 N–H and O–H groups in total. The summed E-state index contributed by atoms with van der Waals surface area (Å²) < 4.78 is 0. The van der Waals surface area contributed by atoms with Crippen LogP contribution in [-0.2, 0) is 0 Å². The zero-order valence-corrected chi connectivity index (χ0v) is 11.0. The van der Waals surface area contributed by atoms with Crippen molar-refractivity contribution in [2.45, 2.75) is 0 Å². The van der Waals surface area contributed by atoms with Gasteiger partial charge in [0.2, 0.25) is 0 Å². The number of carbonyl (C=O) groups is 2. The fraction of sp³-hybridized carbons (Fsp3) is 0. The second kappa shape index (κ2) is 6.38. The first-order chi connectivity index (χ1) is 10.1. The molecular weight excluding hydrogens is 270 g/mol. The van der Waals surface area contributed by atoms with Crippen molar-refractivity contribution in [3.63, 3.8) is 0 Å². The highest BCUT2D eigenvalue weighted by atomic mass is 16.4. The molecule has 1 heterocycles. The van der Waals surface area contributed by atoms with Gasteiger partial charge in [0.1, 0.15) is 0 Å². The quantitative estimate of drug-likeness (QED) is 0.673. The van der Waals surface area contributed by atoms with E-state index in [2.05, 4.69) is 17.1 Å².